The maximum atomic E-state index is 12.7. The van der Waals surface area contributed by atoms with Crippen LogP contribution in [0.1, 0.15) is 29.1 Å². The van der Waals surface area contributed by atoms with Crippen LogP contribution in [-0.2, 0) is 14.8 Å². The number of rotatable bonds is 5. The molecule has 152 valence electrons. The molecule has 1 N–H and O–H groups in total. The lowest BCUT2D eigenvalue weighted by Crippen LogP contribution is -2.40. The molecule has 4 rings (SSSR count). The third kappa shape index (κ3) is 4.05. The molecule has 1 fully saturated rings. The Balaban J connectivity index is 1.46. The van der Waals surface area contributed by atoms with Crippen LogP contribution in [-0.4, -0.2) is 44.9 Å². The van der Waals surface area contributed by atoms with Gasteiger partial charge in [0, 0.05) is 24.0 Å². The number of hydrogen-bond donors (Lipinski definition) is 1. The molecule has 1 aliphatic heterocycles. The first-order valence-corrected chi connectivity index (χ1v) is 10.9. The molecule has 1 saturated heterocycles. The lowest BCUT2D eigenvalue weighted by Gasteiger charge is -2.26. The van der Waals surface area contributed by atoms with Gasteiger partial charge in [-0.15, -0.1) is 0 Å². The smallest absolute Gasteiger partial charge is 0.251 e. The molecule has 0 aliphatic carbocycles. The highest BCUT2D eigenvalue weighted by atomic mass is 32.2. The van der Waals surface area contributed by atoms with Crippen LogP contribution in [0, 0.1) is 0 Å². The molecule has 1 aromatic heterocycles. The molecular weight excluding hydrogens is 392 g/mol. The van der Waals surface area contributed by atoms with E-state index in [2.05, 4.69) is 5.32 Å². The van der Waals surface area contributed by atoms with Crippen LogP contribution in [0.5, 0.6) is 0 Å². The number of ether oxygens (including phenoxy) is 1. The highest BCUT2D eigenvalue weighted by Gasteiger charge is 2.26. The SMILES string of the molecule is C[C@@H](NC(=O)c1ccc(S(=O)(=O)N2CCOCC2)cc1)c1cc2ccccc2o1. The summed E-state index contributed by atoms with van der Waals surface area (Å²) in [6, 6.07) is 15.2. The Hall–Kier alpha value is -2.68. The third-order valence-electron chi connectivity index (χ3n) is 4.94. The summed E-state index contributed by atoms with van der Waals surface area (Å²) >= 11 is 0. The average Bonchev–Trinajstić information content (AvgIpc) is 3.19. The summed E-state index contributed by atoms with van der Waals surface area (Å²) in [5, 5.41) is 3.86. The fraction of sp³-hybridized carbons (Fsp3) is 0.286. The Kier molecular flexibility index (Phi) is 5.40. The van der Waals surface area contributed by atoms with Crippen LogP contribution >= 0.6 is 0 Å². The maximum Gasteiger partial charge on any atom is 0.251 e. The number of furan rings is 1. The second-order valence-electron chi connectivity index (χ2n) is 6.92. The van der Waals surface area contributed by atoms with Gasteiger partial charge in [0.25, 0.3) is 5.91 Å². The zero-order chi connectivity index (χ0) is 20.4. The third-order valence-corrected chi connectivity index (χ3v) is 6.86. The van der Waals surface area contributed by atoms with Crippen LogP contribution in [0.2, 0.25) is 0 Å². The second-order valence-corrected chi connectivity index (χ2v) is 8.86. The normalized spacial score (nSPS) is 16.6. The van der Waals surface area contributed by atoms with Crippen LogP contribution in [0.25, 0.3) is 11.0 Å². The van der Waals surface area contributed by atoms with E-state index in [1.165, 1.54) is 28.6 Å². The highest BCUT2D eigenvalue weighted by molar-refractivity contribution is 7.89. The second kappa shape index (κ2) is 7.98. The van der Waals surface area contributed by atoms with Crippen LogP contribution < -0.4 is 5.32 Å². The zero-order valence-corrected chi connectivity index (χ0v) is 16.8. The van der Waals surface area contributed by atoms with E-state index < -0.39 is 10.0 Å². The predicted molar refractivity (Wildman–Crippen MR) is 108 cm³/mol. The van der Waals surface area contributed by atoms with Crippen LogP contribution in [0.3, 0.4) is 0 Å². The maximum absolute atomic E-state index is 12.7. The minimum absolute atomic E-state index is 0.168. The van der Waals surface area contributed by atoms with Crippen molar-refractivity contribution in [2.45, 2.75) is 17.9 Å². The van der Waals surface area contributed by atoms with Gasteiger partial charge in [-0.25, -0.2) is 8.42 Å². The zero-order valence-electron chi connectivity index (χ0n) is 16.0. The van der Waals surface area contributed by atoms with E-state index in [9.17, 15) is 13.2 Å². The molecule has 8 heteroatoms. The van der Waals surface area contributed by atoms with Crippen molar-refractivity contribution < 1.29 is 22.4 Å². The van der Waals surface area contributed by atoms with Gasteiger partial charge in [0.2, 0.25) is 10.0 Å². The molecule has 2 aromatic carbocycles. The summed E-state index contributed by atoms with van der Waals surface area (Å²) in [5.41, 5.74) is 1.15. The summed E-state index contributed by atoms with van der Waals surface area (Å²) < 4.78 is 37.7. The number of morpholine rings is 1. The van der Waals surface area contributed by atoms with Crippen molar-refractivity contribution in [2.24, 2.45) is 0 Å². The van der Waals surface area contributed by atoms with Gasteiger partial charge >= 0.3 is 0 Å². The standard InChI is InChI=1S/C21H22N2O5S/c1-15(20-14-17-4-2-3-5-19(17)28-20)22-21(24)16-6-8-18(9-7-16)29(25,26)23-10-12-27-13-11-23/h2-9,14-15H,10-13H2,1H3,(H,22,24)/t15-/m1/s1. The number of hydrogen-bond acceptors (Lipinski definition) is 5. The topological polar surface area (TPSA) is 88.9 Å². The molecule has 29 heavy (non-hydrogen) atoms. The van der Waals surface area contributed by atoms with Crippen molar-refractivity contribution in [3.63, 3.8) is 0 Å². The largest absolute Gasteiger partial charge is 0.459 e. The van der Waals surface area contributed by atoms with Gasteiger partial charge in [-0.1, -0.05) is 18.2 Å². The number of nitrogens with zero attached hydrogens (tertiary/aromatic N) is 1. The van der Waals surface area contributed by atoms with E-state index in [1.54, 1.807) is 0 Å². The number of amides is 1. The summed E-state index contributed by atoms with van der Waals surface area (Å²) in [7, 11) is -3.58. The van der Waals surface area contributed by atoms with Gasteiger partial charge in [0.1, 0.15) is 11.3 Å². The summed E-state index contributed by atoms with van der Waals surface area (Å²) in [4.78, 5) is 12.7. The lowest BCUT2D eigenvalue weighted by molar-refractivity contribution is 0.0730. The molecule has 1 aliphatic rings. The fourth-order valence-electron chi connectivity index (χ4n) is 3.28. The first-order valence-electron chi connectivity index (χ1n) is 9.42. The molecular formula is C21H22N2O5S. The minimum Gasteiger partial charge on any atom is -0.459 e. The molecule has 3 aromatic rings. The first kappa shape index (κ1) is 19.6. The Morgan fingerprint density at radius 3 is 2.45 bits per heavy atom. The van der Waals surface area contributed by atoms with Crippen molar-refractivity contribution in [3.05, 3.63) is 65.9 Å². The Labute approximate surface area is 169 Å². The Morgan fingerprint density at radius 1 is 1.07 bits per heavy atom. The van der Waals surface area contributed by atoms with Gasteiger partial charge in [0.15, 0.2) is 0 Å². The van der Waals surface area contributed by atoms with E-state index >= 15 is 0 Å². The number of carbonyl (C=O) groups is 1. The Bertz CT molecular complexity index is 1080. The molecule has 7 nitrogen and oxygen atoms in total. The van der Waals surface area contributed by atoms with E-state index in [0.29, 0.717) is 37.6 Å². The quantitative estimate of drug-likeness (QED) is 0.693. The number of benzene rings is 2. The number of carbonyl (C=O) groups excluding carboxylic acids is 1. The van der Waals surface area contributed by atoms with E-state index in [-0.39, 0.29) is 16.8 Å². The summed E-state index contributed by atoms with van der Waals surface area (Å²) in [6.07, 6.45) is 0. The van der Waals surface area contributed by atoms with Gasteiger partial charge < -0.3 is 14.5 Å². The monoisotopic (exact) mass is 414 g/mol. The van der Waals surface area contributed by atoms with E-state index in [0.717, 1.165) is 11.0 Å². The molecule has 2 heterocycles. The predicted octanol–water partition coefficient (Wildman–Crippen LogP) is 2.94. The number of fused-ring (bicyclic) bond motifs is 1. The molecule has 0 bridgehead atoms. The highest BCUT2D eigenvalue weighted by Crippen LogP contribution is 2.24. The number of nitrogens with one attached hydrogen (secondary N) is 1. The van der Waals surface area contributed by atoms with E-state index in [4.69, 9.17) is 9.15 Å². The molecule has 1 atom stereocenters. The van der Waals surface area contributed by atoms with Crippen LogP contribution in [0.15, 0.2) is 63.9 Å². The Morgan fingerprint density at radius 2 is 1.76 bits per heavy atom. The summed E-state index contributed by atoms with van der Waals surface area (Å²) in [5.74, 6) is 0.361. The fourth-order valence-corrected chi connectivity index (χ4v) is 4.69. The van der Waals surface area contributed by atoms with Crippen molar-refractivity contribution in [1.29, 1.82) is 0 Å². The average molecular weight is 414 g/mol. The van der Waals surface area contributed by atoms with Gasteiger partial charge in [0.05, 0.1) is 24.2 Å². The molecule has 1 amide bonds. The number of sulfonamides is 1. The van der Waals surface area contributed by atoms with Crippen molar-refractivity contribution in [3.8, 4) is 0 Å². The van der Waals surface area contributed by atoms with Crippen molar-refractivity contribution in [2.75, 3.05) is 26.3 Å². The van der Waals surface area contributed by atoms with Gasteiger partial charge in [-0.3, -0.25) is 4.79 Å². The van der Waals surface area contributed by atoms with E-state index in [1.807, 2.05) is 37.3 Å². The van der Waals surface area contributed by atoms with Crippen molar-refractivity contribution in [1.82, 2.24) is 9.62 Å². The summed E-state index contributed by atoms with van der Waals surface area (Å²) in [6.45, 7) is 3.28. The first-order chi connectivity index (χ1) is 13.9. The molecule has 0 saturated carbocycles. The van der Waals surface area contributed by atoms with Gasteiger partial charge in [-0.05, 0) is 43.3 Å². The molecule has 0 unspecified atom stereocenters. The molecule has 0 spiro atoms. The van der Waals surface area contributed by atoms with Crippen LogP contribution in [0.4, 0.5) is 0 Å². The molecule has 0 radical (unpaired) electrons. The number of para-hydroxylation sites is 1. The van der Waals surface area contributed by atoms with Crippen molar-refractivity contribution >= 4 is 26.9 Å². The lowest BCUT2D eigenvalue weighted by atomic mass is 10.1. The minimum atomic E-state index is -3.58. The van der Waals surface area contributed by atoms with Gasteiger partial charge in [-0.2, -0.15) is 4.31 Å².